The van der Waals surface area contributed by atoms with Crippen LogP contribution in [0.2, 0.25) is 5.02 Å². The second-order valence-corrected chi connectivity index (χ2v) is 10.8. The molecule has 1 aliphatic heterocycles. The summed E-state index contributed by atoms with van der Waals surface area (Å²) < 4.78 is 51.2. The lowest BCUT2D eigenvalue weighted by Crippen LogP contribution is -2.35. The van der Waals surface area contributed by atoms with E-state index >= 15 is 0 Å². The molecule has 0 saturated carbocycles. The smallest absolute Gasteiger partial charge is 0.320 e. The van der Waals surface area contributed by atoms with Crippen LogP contribution in [0.4, 0.5) is 13.2 Å². The van der Waals surface area contributed by atoms with Crippen molar-refractivity contribution >= 4 is 28.6 Å². The van der Waals surface area contributed by atoms with Crippen molar-refractivity contribution in [3.8, 4) is 5.88 Å². The van der Waals surface area contributed by atoms with E-state index in [9.17, 15) is 23.1 Å². The van der Waals surface area contributed by atoms with Crippen molar-refractivity contribution in [3.63, 3.8) is 0 Å². The van der Waals surface area contributed by atoms with E-state index in [1.165, 1.54) is 24.4 Å². The fourth-order valence-electron chi connectivity index (χ4n) is 5.32. The number of halogens is 4. The topological polar surface area (TPSA) is 106 Å². The molecule has 43 heavy (non-hydrogen) atoms. The van der Waals surface area contributed by atoms with Gasteiger partial charge in [-0.2, -0.15) is 8.78 Å². The van der Waals surface area contributed by atoms with Crippen molar-refractivity contribution < 1.29 is 27.8 Å². The normalized spacial score (nSPS) is 14.6. The number of aromatic nitrogens is 6. The van der Waals surface area contributed by atoms with Crippen molar-refractivity contribution in [1.82, 2.24) is 33.8 Å². The van der Waals surface area contributed by atoms with Crippen LogP contribution in [0.5, 0.6) is 5.88 Å². The minimum atomic E-state index is -2.76. The summed E-state index contributed by atoms with van der Waals surface area (Å²) in [6.45, 7) is -0.815. The minimum Gasteiger partial charge on any atom is -0.545 e. The molecule has 1 fully saturated rings. The Hall–Kier alpha value is -4.36. The maximum atomic E-state index is 14.1. The van der Waals surface area contributed by atoms with Gasteiger partial charge in [0.2, 0.25) is 5.88 Å². The van der Waals surface area contributed by atoms with E-state index in [0.717, 1.165) is 36.8 Å². The number of alkyl halides is 2. The average molecular weight is 613 g/mol. The molecule has 0 aliphatic carbocycles. The van der Waals surface area contributed by atoms with Gasteiger partial charge < -0.3 is 19.2 Å². The molecule has 3 aromatic heterocycles. The molecule has 224 valence electrons. The third kappa shape index (κ3) is 6.22. The molecule has 10 nitrogen and oxygen atoms in total. The molecular weight excluding hydrogens is 587 g/mol. The second-order valence-electron chi connectivity index (χ2n) is 10.3. The van der Waals surface area contributed by atoms with Crippen LogP contribution in [0.25, 0.3) is 11.0 Å². The summed E-state index contributed by atoms with van der Waals surface area (Å²) >= 11 is 5.81. The predicted octanol–water partition coefficient (Wildman–Crippen LogP) is 4.44. The summed E-state index contributed by atoms with van der Waals surface area (Å²) in [6.07, 6.45) is 5.86. The third-order valence-corrected chi connectivity index (χ3v) is 7.85. The number of carboxylic acids is 1. The number of aromatic carboxylic acids is 1. The maximum absolute atomic E-state index is 14.1. The van der Waals surface area contributed by atoms with Crippen molar-refractivity contribution in [3.05, 3.63) is 94.7 Å². The fourth-order valence-corrected chi connectivity index (χ4v) is 5.48. The average Bonchev–Trinajstić information content (AvgIpc) is 3.72. The highest BCUT2D eigenvalue weighted by Crippen LogP contribution is 2.27. The van der Waals surface area contributed by atoms with E-state index in [1.807, 2.05) is 10.9 Å². The molecule has 0 radical (unpaired) electrons. The van der Waals surface area contributed by atoms with Gasteiger partial charge in [0.05, 0.1) is 54.4 Å². The number of hydrogen-bond donors (Lipinski definition) is 0. The zero-order valence-corrected chi connectivity index (χ0v) is 23.5. The number of piperidine rings is 1. The number of carbonyl (C=O) groups is 1. The van der Waals surface area contributed by atoms with Gasteiger partial charge in [-0.3, -0.25) is 14.1 Å². The molecule has 2 aromatic carbocycles. The maximum Gasteiger partial charge on any atom is 0.320 e. The van der Waals surface area contributed by atoms with Gasteiger partial charge in [-0.05, 0) is 42.7 Å². The molecule has 0 unspecified atom stereocenters. The van der Waals surface area contributed by atoms with Gasteiger partial charge in [0.1, 0.15) is 18.2 Å². The first-order valence-corrected chi connectivity index (χ1v) is 14.0. The van der Waals surface area contributed by atoms with Crippen LogP contribution >= 0.6 is 11.6 Å². The highest BCUT2D eigenvalue weighted by Gasteiger charge is 2.24. The molecule has 5 aromatic rings. The van der Waals surface area contributed by atoms with Crippen molar-refractivity contribution in [2.24, 2.45) is 0 Å². The highest BCUT2D eigenvalue weighted by atomic mass is 35.5. The van der Waals surface area contributed by atoms with E-state index in [0.29, 0.717) is 39.9 Å². The molecule has 1 saturated heterocycles. The van der Waals surface area contributed by atoms with E-state index in [1.54, 1.807) is 28.8 Å². The molecule has 1 aliphatic rings. The highest BCUT2D eigenvalue weighted by molar-refractivity contribution is 6.30. The molecule has 0 atom stereocenters. The lowest BCUT2D eigenvalue weighted by molar-refractivity contribution is -0.255. The Kier molecular flexibility index (Phi) is 8.08. The number of hydrogen-bond acceptors (Lipinski definition) is 7. The van der Waals surface area contributed by atoms with Crippen LogP contribution in [-0.2, 0) is 19.7 Å². The van der Waals surface area contributed by atoms with Crippen molar-refractivity contribution in [2.45, 2.75) is 45.1 Å². The van der Waals surface area contributed by atoms with Gasteiger partial charge in [-0.1, -0.05) is 23.7 Å². The lowest BCUT2D eigenvalue weighted by atomic mass is 10.1. The molecule has 0 spiro atoms. The first kappa shape index (κ1) is 28.7. The predicted molar refractivity (Wildman–Crippen MR) is 148 cm³/mol. The number of benzene rings is 2. The van der Waals surface area contributed by atoms with E-state index in [-0.39, 0.29) is 30.5 Å². The molecule has 14 heteroatoms. The van der Waals surface area contributed by atoms with Crippen molar-refractivity contribution in [1.29, 1.82) is 0 Å². The fraction of sp³-hybridized carbons (Fsp3) is 0.310. The Labute approximate surface area is 248 Å². The SMILES string of the molecule is O=C([O-])c1ccc2nc(CN3CCC(n4ccc(OCc5ccc(Cl)cc5F)n4)CC3)n(Cc3cncn3C(F)F)c2c1. The van der Waals surface area contributed by atoms with Gasteiger partial charge in [0.25, 0.3) is 0 Å². The van der Waals surface area contributed by atoms with Crippen LogP contribution < -0.4 is 9.84 Å². The van der Waals surface area contributed by atoms with Crippen molar-refractivity contribution in [2.75, 3.05) is 13.1 Å². The summed E-state index contributed by atoms with van der Waals surface area (Å²) in [5, 5.41) is 16.4. The van der Waals surface area contributed by atoms with E-state index in [2.05, 4.69) is 15.0 Å². The third-order valence-electron chi connectivity index (χ3n) is 7.61. The van der Waals surface area contributed by atoms with Crippen LogP contribution in [0.1, 0.15) is 52.9 Å². The summed E-state index contributed by atoms with van der Waals surface area (Å²) in [6, 6.07) is 10.8. The van der Waals surface area contributed by atoms with Crippen LogP contribution in [-0.4, -0.2) is 52.8 Å². The lowest BCUT2D eigenvalue weighted by Gasteiger charge is -2.31. The van der Waals surface area contributed by atoms with E-state index in [4.69, 9.17) is 21.3 Å². The number of likely N-dealkylation sites (tertiary alicyclic amines) is 1. The first-order valence-electron chi connectivity index (χ1n) is 13.6. The Morgan fingerprint density at radius 1 is 1.12 bits per heavy atom. The largest absolute Gasteiger partial charge is 0.545 e. The van der Waals surface area contributed by atoms with Gasteiger partial charge in [-0.15, -0.1) is 5.10 Å². The number of ether oxygens (including phenoxy) is 1. The molecule has 6 rings (SSSR count). The van der Waals surface area contributed by atoms with Crippen LogP contribution in [0.15, 0.2) is 61.2 Å². The van der Waals surface area contributed by atoms with E-state index < -0.39 is 18.3 Å². The first-order chi connectivity index (χ1) is 20.7. The quantitative estimate of drug-likeness (QED) is 0.229. The molecular formula is C29H26ClF3N7O3-. The number of carboxylic acid groups (broad SMARTS) is 1. The number of nitrogens with zero attached hydrogens (tertiary/aromatic N) is 7. The Morgan fingerprint density at radius 3 is 2.67 bits per heavy atom. The number of fused-ring (bicyclic) bond motifs is 1. The van der Waals surface area contributed by atoms with Gasteiger partial charge in [-0.25, -0.2) is 14.4 Å². The minimum absolute atomic E-state index is 0.0238. The number of imidazole rings is 2. The summed E-state index contributed by atoms with van der Waals surface area (Å²) in [4.78, 5) is 22.3. The molecule has 0 bridgehead atoms. The molecule has 0 amide bonds. The van der Waals surface area contributed by atoms with Gasteiger partial charge in [0.15, 0.2) is 0 Å². The second kappa shape index (κ2) is 12.1. The molecule has 4 heterocycles. The summed E-state index contributed by atoms with van der Waals surface area (Å²) in [7, 11) is 0. The number of rotatable bonds is 10. The zero-order valence-electron chi connectivity index (χ0n) is 22.7. The van der Waals surface area contributed by atoms with Gasteiger partial charge >= 0.3 is 6.55 Å². The van der Waals surface area contributed by atoms with Crippen LogP contribution in [0.3, 0.4) is 0 Å². The Morgan fingerprint density at radius 2 is 1.93 bits per heavy atom. The zero-order chi connectivity index (χ0) is 30.1. The van der Waals surface area contributed by atoms with Crippen LogP contribution in [0, 0.1) is 5.82 Å². The monoisotopic (exact) mass is 612 g/mol. The number of carbonyl (C=O) groups excluding carboxylic acids is 1. The summed E-state index contributed by atoms with van der Waals surface area (Å²) in [5.74, 6) is -0.758. The Balaban J connectivity index is 1.14. The summed E-state index contributed by atoms with van der Waals surface area (Å²) in [5.41, 5.74) is 1.69. The Bertz CT molecular complexity index is 1760. The van der Waals surface area contributed by atoms with Gasteiger partial charge in [0, 0.05) is 35.9 Å². The standard InChI is InChI=1S/C29H27ClF3N7O3/c30-20-3-1-19(23(31)12-20)16-43-27-7-10-40(36-27)21-5-8-37(9-6-21)15-26-35-24-4-2-18(28(41)42)11-25(24)38(26)14-22-13-34-17-39(22)29(32)33/h1-4,7,10-13,17,21,29H,5-6,8-9,14-16H2,(H,41,42)/p-1. The molecule has 0 N–H and O–H groups in total.